The zero-order valence-corrected chi connectivity index (χ0v) is 22.0. The van der Waals surface area contributed by atoms with Gasteiger partial charge in [0.1, 0.15) is 11.6 Å². The zero-order chi connectivity index (χ0) is 26.9. The van der Waals surface area contributed by atoms with Crippen molar-refractivity contribution >= 4 is 5.91 Å². The quantitative estimate of drug-likeness (QED) is 0.341. The van der Waals surface area contributed by atoms with Crippen molar-refractivity contribution < 1.29 is 23.4 Å². The van der Waals surface area contributed by atoms with E-state index in [9.17, 15) is 9.18 Å². The topological polar surface area (TPSA) is 56.2 Å². The van der Waals surface area contributed by atoms with Crippen molar-refractivity contribution in [2.45, 2.75) is 13.5 Å². The van der Waals surface area contributed by atoms with E-state index < -0.39 is 0 Å². The number of piperazine rings is 1. The van der Waals surface area contributed by atoms with E-state index in [1.807, 2.05) is 58.9 Å². The van der Waals surface area contributed by atoms with Crippen molar-refractivity contribution in [2.24, 2.45) is 0 Å². The molecule has 0 bridgehead atoms. The van der Waals surface area contributed by atoms with Gasteiger partial charge in [0.05, 0.1) is 18.4 Å². The van der Waals surface area contributed by atoms with E-state index in [1.165, 1.54) is 12.1 Å². The molecule has 8 heteroatoms. The lowest BCUT2D eigenvalue weighted by Gasteiger charge is -2.34. The minimum Gasteiger partial charge on any atom is -0.497 e. The average molecular weight is 528 g/mol. The van der Waals surface area contributed by atoms with E-state index in [1.54, 1.807) is 19.2 Å². The molecule has 6 rings (SSSR count). The molecule has 200 valence electrons. The summed E-state index contributed by atoms with van der Waals surface area (Å²) in [6, 6.07) is 22.1. The molecule has 2 aliphatic rings. The van der Waals surface area contributed by atoms with Crippen molar-refractivity contribution in [3.63, 3.8) is 0 Å². The molecule has 0 atom stereocenters. The first-order chi connectivity index (χ1) is 19.0. The molecule has 1 saturated heterocycles. The number of aromatic nitrogens is 1. The Kier molecular flexibility index (Phi) is 6.70. The van der Waals surface area contributed by atoms with Crippen molar-refractivity contribution in [1.82, 2.24) is 14.4 Å². The number of methoxy groups -OCH3 is 1. The van der Waals surface area contributed by atoms with Crippen molar-refractivity contribution in [3.8, 4) is 34.2 Å². The smallest absolute Gasteiger partial charge is 0.255 e. The Hall–Kier alpha value is -4.30. The fraction of sp³-hybridized carbons (Fsp3) is 0.258. The van der Waals surface area contributed by atoms with Gasteiger partial charge in [-0.2, -0.15) is 0 Å². The molecule has 0 spiro atoms. The second-order valence-electron chi connectivity index (χ2n) is 9.83. The molecule has 0 aliphatic carbocycles. The molecule has 1 fully saturated rings. The first kappa shape index (κ1) is 25.0. The molecule has 0 unspecified atom stereocenters. The van der Waals surface area contributed by atoms with E-state index in [0.29, 0.717) is 18.7 Å². The summed E-state index contributed by atoms with van der Waals surface area (Å²) in [5.74, 6) is 1.99. The van der Waals surface area contributed by atoms with Gasteiger partial charge in [0.25, 0.3) is 5.91 Å². The summed E-state index contributed by atoms with van der Waals surface area (Å²) in [6.07, 6.45) is 0. The third-order valence-electron chi connectivity index (χ3n) is 7.43. The zero-order valence-electron chi connectivity index (χ0n) is 22.0. The molecule has 1 amide bonds. The second kappa shape index (κ2) is 10.5. The van der Waals surface area contributed by atoms with Crippen molar-refractivity contribution in [2.75, 3.05) is 40.1 Å². The molecular formula is C31H30FN3O4. The predicted molar refractivity (Wildman–Crippen MR) is 146 cm³/mol. The number of halogens is 1. The Morgan fingerprint density at radius 2 is 1.69 bits per heavy atom. The van der Waals surface area contributed by atoms with Gasteiger partial charge in [0.2, 0.25) is 6.79 Å². The Labute approximate surface area is 226 Å². The summed E-state index contributed by atoms with van der Waals surface area (Å²) in [5, 5.41) is 0. The van der Waals surface area contributed by atoms with Crippen LogP contribution in [0.15, 0.2) is 72.8 Å². The molecule has 39 heavy (non-hydrogen) atoms. The highest BCUT2D eigenvalue weighted by molar-refractivity contribution is 5.97. The molecule has 4 aromatic rings. The Morgan fingerprint density at radius 3 is 2.46 bits per heavy atom. The van der Waals surface area contributed by atoms with Crippen LogP contribution in [0.1, 0.15) is 21.6 Å². The van der Waals surface area contributed by atoms with Crippen LogP contribution in [0.5, 0.6) is 17.2 Å². The minimum absolute atomic E-state index is 0.000220. The standard InChI is InChI=1S/C31H30FN3O4/c1-21-27(18-28(23-4-3-5-26(17-23)37-2)35(21)25-9-7-24(32)8-10-25)31(36)34-14-12-33(13-15-34)19-22-6-11-29-30(16-22)39-20-38-29/h3-11,16-18H,12-15,19-20H2,1-2H3. The van der Waals surface area contributed by atoms with Crippen LogP contribution in [0.2, 0.25) is 0 Å². The lowest BCUT2D eigenvalue weighted by atomic mass is 10.1. The van der Waals surface area contributed by atoms with E-state index in [4.69, 9.17) is 14.2 Å². The third kappa shape index (κ3) is 4.95. The lowest BCUT2D eigenvalue weighted by molar-refractivity contribution is 0.0628. The number of benzene rings is 3. The average Bonchev–Trinajstić information content (AvgIpc) is 3.57. The first-order valence-electron chi connectivity index (χ1n) is 13.0. The fourth-order valence-corrected chi connectivity index (χ4v) is 5.32. The number of carbonyl (C=O) groups excluding carboxylic acids is 1. The SMILES string of the molecule is COc1cccc(-c2cc(C(=O)N3CCN(Cc4ccc5c(c4)OCO5)CC3)c(C)n2-c2ccc(F)cc2)c1. The fourth-order valence-electron chi connectivity index (χ4n) is 5.32. The van der Waals surface area contributed by atoms with Gasteiger partial charge in [0, 0.05) is 49.7 Å². The van der Waals surface area contributed by atoms with Gasteiger partial charge in [-0.05, 0) is 67.1 Å². The lowest BCUT2D eigenvalue weighted by Crippen LogP contribution is -2.48. The molecule has 2 aliphatic heterocycles. The van der Waals surface area contributed by atoms with Gasteiger partial charge < -0.3 is 23.7 Å². The number of rotatable bonds is 6. The normalized spacial score (nSPS) is 15.0. The molecule has 0 saturated carbocycles. The Morgan fingerprint density at radius 1 is 0.923 bits per heavy atom. The largest absolute Gasteiger partial charge is 0.497 e. The van der Waals surface area contributed by atoms with Crippen LogP contribution in [0.3, 0.4) is 0 Å². The van der Waals surface area contributed by atoms with Gasteiger partial charge in [0.15, 0.2) is 11.5 Å². The number of hydrogen-bond donors (Lipinski definition) is 0. The monoisotopic (exact) mass is 527 g/mol. The maximum atomic E-state index is 13.8. The summed E-state index contributed by atoms with van der Waals surface area (Å²) < 4.78 is 32.1. The van der Waals surface area contributed by atoms with Crippen LogP contribution in [-0.2, 0) is 6.54 Å². The van der Waals surface area contributed by atoms with Crippen LogP contribution in [0.25, 0.3) is 16.9 Å². The van der Waals surface area contributed by atoms with Crippen LogP contribution in [0, 0.1) is 12.7 Å². The molecule has 1 aromatic heterocycles. The number of nitrogens with zero attached hydrogens (tertiary/aromatic N) is 3. The van der Waals surface area contributed by atoms with E-state index >= 15 is 0 Å². The second-order valence-corrected chi connectivity index (χ2v) is 9.83. The number of ether oxygens (including phenoxy) is 3. The number of carbonyl (C=O) groups is 1. The third-order valence-corrected chi connectivity index (χ3v) is 7.43. The minimum atomic E-state index is -0.304. The summed E-state index contributed by atoms with van der Waals surface area (Å²) >= 11 is 0. The van der Waals surface area contributed by atoms with Crippen LogP contribution >= 0.6 is 0 Å². The molecule has 3 aromatic carbocycles. The summed E-state index contributed by atoms with van der Waals surface area (Å²) in [5.41, 5.74) is 5.17. The van der Waals surface area contributed by atoms with Crippen LogP contribution in [0.4, 0.5) is 4.39 Å². The number of amides is 1. The van der Waals surface area contributed by atoms with Crippen LogP contribution < -0.4 is 14.2 Å². The summed E-state index contributed by atoms with van der Waals surface area (Å²) in [6.45, 7) is 5.83. The highest BCUT2D eigenvalue weighted by atomic mass is 19.1. The van der Waals surface area contributed by atoms with E-state index in [0.717, 1.165) is 65.1 Å². The highest BCUT2D eigenvalue weighted by Gasteiger charge is 2.27. The highest BCUT2D eigenvalue weighted by Crippen LogP contribution is 2.34. The number of hydrogen-bond acceptors (Lipinski definition) is 5. The molecule has 0 N–H and O–H groups in total. The van der Waals surface area contributed by atoms with E-state index in [-0.39, 0.29) is 18.5 Å². The summed E-state index contributed by atoms with van der Waals surface area (Å²) in [4.78, 5) is 18.1. The summed E-state index contributed by atoms with van der Waals surface area (Å²) in [7, 11) is 1.63. The molecule has 3 heterocycles. The van der Waals surface area contributed by atoms with Gasteiger partial charge >= 0.3 is 0 Å². The molecule has 0 radical (unpaired) electrons. The maximum Gasteiger partial charge on any atom is 0.255 e. The van der Waals surface area contributed by atoms with Gasteiger partial charge in [-0.3, -0.25) is 9.69 Å². The van der Waals surface area contributed by atoms with E-state index in [2.05, 4.69) is 11.0 Å². The Bertz CT molecular complexity index is 1510. The van der Waals surface area contributed by atoms with Crippen molar-refractivity contribution in [1.29, 1.82) is 0 Å². The molecular weight excluding hydrogens is 497 g/mol. The maximum absolute atomic E-state index is 13.8. The van der Waals surface area contributed by atoms with Crippen molar-refractivity contribution in [3.05, 3.63) is 95.4 Å². The Balaban J connectivity index is 1.23. The number of fused-ring (bicyclic) bond motifs is 1. The van der Waals surface area contributed by atoms with Crippen LogP contribution in [-0.4, -0.2) is 60.4 Å². The van der Waals surface area contributed by atoms with Gasteiger partial charge in [-0.1, -0.05) is 18.2 Å². The van der Waals surface area contributed by atoms with Gasteiger partial charge in [-0.25, -0.2) is 4.39 Å². The molecule has 7 nitrogen and oxygen atoms in total. The van der Waals surface area contributed by atoms with Gasteiger partial charge in [-0.15, -0.1) is 0 Å². The predicted octanol–water partition coefficient (Wildman–Crippen LogP) is 5.29. The first-order valence-corrected chi connectivity index (χ1v) is 13.0.